The number of anilines is 1. The van der Waals surface area contributed by atoms with Gasteiger partial charge in [-0.05, 0) is 54.8 Å². The molecule has 1 saturated heterocycles. The molecule has 2 aromatic rings. The van der Waals surface area contributed by atoms with Gasteiger partial charge in [0.25, 0.3) is 0 Å². The molecule has 0 radical (unpaired) electrons. The first-order valence-electron chi connectivity index (χ1n) is 11.1. The average Bonchev–Trinajstić information content (AvgIpc) is 2.81. The number of benzene rings is 2. The van der Waals surface area contributed by atoms with Crippen LogP contribution in [-0.4, -0.2) is 65.5 Å². The van der Waals surface area contributed by atoms with Crippen molar-refractivity contribution in [2.24, 2.45) is 0 Å². The number of sulfonamides is 1. The fourth-order valence-electron chi connectivity index (χ4n) is 4.05. The van der Waals surface area contributed by atoms with Crippen LogP contribution in [-0.2, 0) is 21.4 Å². The summed E-state index contributed by atoms with van der Waals surface area (Å²) in [5.74, 6) is 0.430. The quantitative estimate of drug-likeness (QED) is 0.578. The number of ether oxygens (including phenoxy) is 1. The van der Waals surface area contributed by atoms with Crippen molar-refractivity contribution < 1.29 is 17.9 Å². The second-order valence-electron chi connectivity index (χ2n) is 8.35. The highest BCUT2D eigenvalue weighted by Gasteiger charge is 2.25. The summed E-state index contributed by atoms with van der Waals surface area (Å²) in [6.07, 6.45) is 0.0848. The van der Waals surface area contributed by atoms with Crippen molar-refractivity contribution in [1.29, 1.82) is 0 Å². The van der Waals surface area contributed by atoms with Gasteiger partial charge in [-0.15, -0.1) is 0 Å². The van der Waals surface area contributed by atoms with Crippen molar-refractivity contribution in [2.45, 2.75) is 31.7 Å². The Balaban J connectivity index is 1.55. The number of rotatable bonds is 9. The van der Waals surface area contributed by atoms with E-state index in [1.54, 1.807) is 33.1 Å². The largest absolute Gasteiger partial charge is 0.497 e. The lowest BCUT2D eigenvalue weighted by Crippen LogP contribution is -2.43. The van der Waals surface area contributed by atoms with E-state index in [2.05, 4.69) is 27.7 Å². The van der Waals surface area contributed by atoms with Crippen LogP contribution < -0.4 is 20.3 Å². The van der Waals surface area contributed by atoms with Crippen molar-refractivity contribution in [3.8, 4) is 5.75 Å². The van der Waals surface area contributed by atoms with Gasteiger partial charge in [-0.25, -0.2) is 12.7 Å². The molecule has 0 saturated carbocycles. The Morgan fingerprint density at radius 1 is 1.15 bits per heavy atom. The van der Waals surface area contributed by atoms with Crippen LogP contribution in [0.1, 0.15) is 23.1 Å². The van der Waals surface area contributed by atoms with Crippen LogP contribution in [0.4, 0.5) is 5.69 Å². The van der Waals surface area contributed by atoms with Gasteiger partial charge in [-0.2, -0.15) is 0 Å². The molecule has 1 fully saturated rings. The highest BCUT2D eigenvalue weighted by Crippen LogP contribution is 2.27. The minimum Gasteiger partial charge on any atom is -0.497 e. The predicted octanol–water partition coefficient (Wildman–Crippen LogP) is 2.05. The maximum Gasteiger partial charge on any atom is 0.243 e. The molecular formula is C24H34N4O4S. The van der Waals surface area contributed by atoms with E-state index >= 15 is 0 Å². The number of carbonyl (C=O) groups is 1. The second-order valence-corrected chi connectivity index (χ2v) is 10.3. The molecule has 8 nitrogen and oxygen atoms in total. The van der Waals surface area contributed by atoms with Crippen molar-refractivity contribution in [1.82, 2.24) is 14.9 Å². The molecule has 1 amide bonds. The number of carbonyl (C=O) groups excluding carboxylic acids is 1. The standard InChI is InChI=1S/C24H34N4O4S/c1-18-14-22(32-4)15-19(2)24(18)33(30,31)27(3)11-8-23(29)26-17-20-6-5-7-21(16-20)28-12-9-25-10-13-28/h5-7,14-16,25H,8-13,17H2,1-4H3,(H,26,29). The third-order valence-corrected chi connectivity index (χ3v) is 8.04. The van der Waals surface area contributed by atoms with Gasteiger partial charge in [0.1, 0.15) is 5.75 Å². The minimum absolute atomic E-state index is 0.0848. The number of methoxy groups -OCH3 is 1. The van der Waals surface area contributed by atoms with E-state index in [-0.39, 0.29) is 23.8 Å². The van der Waals surface area contributed by atoms with E-state index in [0.29, 0.717) is 23.4 Å². The zero-order chi connectivity index (χ0) is 24.0. The van der Waals surface area contributed by atoms with Gasteiger partial charge in [0, 0.05) is 58.4 Å². The molecule has 0 bridgehead atoms. The SMILES string of the molecule is COc1cc(C)c(S(=O)(=O)N(C)CCC(=O)NCc2cccc(N3CCNCC3)c2)c(C)c1. The Morgan fingerprint density at radius 2 is 1.82 bits per heavy atom. The Kier molecular flexibility index (Phi) is 8.34. The maximum atomic E-state index is 13.1. The minimum atomic E-state index is -3.72. The third-order valence-electron chi connectivity index (χ3n) is 5.87. The highest BCUT2D eigenvalue weighted by molar-refractivity contribution is 7.89. The fraction of sp³-hybridized carbons (Fsp3) is 0.458. The summed E-state index contributed by atoms with van der Waals surface area (Å²) in [7, 11) is -0.666. The first-order chi connectivity index (χ1) is 15.7. The molecule has 0 spiro atoms. The van der Waals surface area contributed by atoms with Crippen molar-refractivity contribution >= 4 is 21.6 Å². The predicted molar refractivity (Wildman–Crippen MR) is 130 cm³/mol. The molecule has 2 N–H and O–H groups in total. The lowest BCUT2D eigenvalue weighted by molar-refractivity contribution is -0.121. The number of nitrogens with one attached hydrogen (secondary N) is 2. The first-order valence-corrected chi connectivity index (χ1v) is 12.6. The summed E-state index contributed by atoms with van der Waals surface area (Å²) < 4.78 is 32.7. The van der Waals surface area contributed by atoms with Crippen LogP contribution in [0.3, 0.4) is 0 Å². The number of amides is 1. The van der Waals surface area contributed by atoms with E-state index in [1.807, 2.05) is 12.1 Å². The molecule has 1 aliphatic heterocycles. The second kappa shape index (κ2) is 11.0. The van der Waals surface area contributed by atoms with Crippen LogP contribution in [0.15, 0.2) is 41.3 Å². The molecule has 1 aliphatic rings. The summed E-state index contributed by atoms with van der Waals surface area (Å²) in [5, 5.41) is 6.25. The summed E-state index contributed by atoms with van der Waals surface area (Å²) in [6.45, 7) is 7.86. The molecule has 3 rings (SSSR count). The summed E-state index contributed by atoms with van der Waals surface area (Å²) in [5.41, 5.74) is 3.41. The molecular weight excluding hydrogens is 440 g/mol. The molecule has 180 valence electrons. The zero-order valence-corrected chi connectivity index (χ0v) is 20.7. The fourth-order valence-corrected chi connectivity index (χ4v) is 5.62. The van der Waals surface area contributed by atoms with E-state index in [4.69, 9.17) is 4.74 Å². The molecule has 0 aliphatic carbocycles. The topological polar surface area (TPSA) is 91.0 Å². The molecule has 9 heteroatoms. The maximum absolute atomic E-state index is 13.1. The molecule has 0 atom stereocenters. The van der Waals surface area contributed by atoms with E-state index in [9.17, 15) is 13.2 Å². The smallest absolute Gasteiger partial charge is 0.243 e. The zero-order valence-electron chi connectivity index (χ0n) is 19.8. The Labute approximate surface area is 197 Å². The van der Waals surface area contributed by atoms with Crippen LogP contribution in [0.5, 0.6) is 5.75 Å². The summed E-state index contributed by atoms with van der Waals surface area (Å²) in [4.78, 5) is 15.0. The normalized spacial score (nSPS) is 14.4. The van der Waals surface area contributed by atoms with Gasteiger partial charge in [-0.3, -0.25) is 4.79 Å². The number of hydrogen-bond donors (Lipinski definition) is 2. The van der Waals surface area contributed by atoms with E-state index in [1.165, 1.54) is 11.4 Å². The van der Waals surface area contributed by atoms with Gasteiger partial charge >= 0.3 is 0 Å². The third kappa shape index (κ3) is 6.25. The van der Waals surface area contributed by atoms with Gasteiger partial charge in [-0.1, -0.05) is 12.1 Å². The van der Waals surface area contributed by atoms with E-state index in [0.717, 1.165) is 37.4 Å². The molecule has 0 aromatic heterocycles. The molecule has 2 aromatic carbocycles. The number of hydrogen-bond acceptors (Lipinski definition) is 6. The monoisotopic (exact) mass is 474 g/mol. The Bertz CT molecular complexity index is 1060. The molecule has 1 heterocycles. The van der Waals surface area contributed by atoms with Crippen molar-refractivity contribution in [2.75, 3.05) is 51.8 Å². The van der Waals surface area contributed by atoms with Crippen LogP contribution in [0, 0.1) is 13.8 Å². The lowest BCUT2D eigenvalue weighted by Gasteiger charge is -2.29. The number of nitrogens with zero attached hydrogens (tertiary/aromatic N) is 2. The van der Waals surface area contributed by atoms with Gasteiger partial charge in [0.15, 0.2) is 0 Å². The van der Waals surface area contributed by atoms with Gasteiger partial charge in [0.05, 0.1) is 12.0 Å². The lowest BCUT2D eigenvalue weighted by atomic mass is 10.1. The van der Waals surface area contributed by atoms with Crippen molar-refractivity contribution in [3.05, 3.63) is 53.1 Å². The van der Waals surface area contributed by atoms with Crippen LogP contribution >= 0.6 is 0 Å². The Morgan fingerprint density at radius 3 is 2.45 bits per heavy atom. The summed E-state index contributed by atoms with van der Waals surface area (Å²) in [6, 6.07) is 11.6. The van der Waals surface area contributed by atoms with Crippen LogP contribution in [0.2, 0.25) is 0 Å². The van der Waals surface area contributed by atoms with Gasteiger partial charge < -0.3 is 20.3 Å². The van der Waals surface area contributed by atoms with Crippen LogP contribution in [0.25, 0.3) is 0 Å². The summed E-state index contributed by atoms with van der Waals surface area (Å²) >= 11 is 0. The molecule has 33 heavy (non-hydrogen) atoms. The number of piperazine rings is 1. The highest BCUT2D eigenvalue weighted by atomic mass is 32.2. The van der Waals surface area contributed by atoms with Crippen molar-refractivity contribution in [3.63, 3.8) is 0 Å². The van der Waals surface area contributed by atoms with E-state index < -0.39 is 10.0 Å². The van der Waals surface area contributed by atoms with Gasteiger partial charge in [0.2, 0.25) is 15.9 Å². The Hall–Kier alpha value is -2.62. The molecule has 0 unspecified atom stereocenters. The average molecular weight is 475 g/mol. The number of aryl methyl sites for hydroxylation is 2. The first kappa shape index (κ1) is 25.0.